The zero-order valence-corrected chi connectivity index (χ0v) is 15.1. The highest BCUT2D eigenvalue weighted by Crippen LogP contribution is 2.47. The van der Waals surface area contributed by atoms with Crippen LogP contribution in [0.1, 0.15) is 12.8 Å². The van der Waals surface area contributed by atoms with E-state index in [1.807, 2.05) is 24.3 Å². The van der Waals surface area contributed by atoms with Crippen LogP contribution in [0.25, 0.3) is 0 Å². The zero-order valence-electron chi connectivity index (χ0n) is 14.3. The second-order valence-corrected chi connectivity index (χ2v) is 6.95. The van der Waals surface area contributed by atoms with Gasteiger partial charge >= 0.3 is 12.0 Å². The third kappa shape index (κ3) is 4.49. The number of carboxylic acid groups (broad SMARTS) is 1. The molecule has 0 fully saturated rings. The fraction of sp³-hybridized carbons (Fsp3) is 0.263. The fourth-order valence-corrected chi connectivity index (χ4v) is 3.90. The van der Waals surface area contributed by atoms with Crippen molar-refractivity contribution in [3.63, 3.8) is 0 Å². The van der Waals surface area contributed by atoms with E-state index >= 15 is 0 Å². The first-order chi connectivity index (χ1) is 12.6. The van der Waals surface area contributed by atoms with E-state index in [1.165, 1.54) is 21.2 Å². The Morgan fingerprint density at radius 3 is 2.12 bits per heavy atom. The molecule has 2 amide bonds. The SMILES string of the molecule is O=C(O)CCNC(=O)NCCCN1c2ccccc2Sc2ccccc21. The number of carboxylic acids is 1. The minimum absolute atomic E-state index is 0.0770. The highest BCUT2D eigenvalue weighted by molar-refractivity contribution is 7.99. The molecule has 6 nitrogen and oxygen atoms in total. The van der Waals surface area contributed by atoms with Crippen LogP contribution >= 0.6 is 11.8 Å². The summed E-state index contributed by atoms with van der Waals surface area (Å²) in [5.74, 6) is -0.925. The van der Waals surface area contributed by atoms with Gasteiger partial charge in [0.2, 0.25) is 0 Å². The van der Waals surface area contributed by atoms with Crippen molar-refractivity contribution in [2.45, 2.75) is 22.6 Å². The number of benzene rings is 2. The molecule has 3 rings (SSSR count). The summed E-state index contributed by atoms with van der Waals surface area (Å²) >= 11 is 1.77. The third-order valence-electron chi connectivity index (χ3n) is 4.00. The van der Waals surface area contributed by atoms with Gasteiger partial charge in [-0.1, -0.05) is 36.0 Å². The van der Waals surface area contributed by atoms with Gasteiger partial charge in [0, 0.05) is 29.4 Å². The highest BCUT2D eigenvalue weighted by Gasteiger charge is 2.22. The van der Waals surface area contributed by atoms with Crippen LogP contribution in [0.5, 0.6) is 0 Å². The molecule has 2 aromatic rings. The van der Waals surface area contributed by atoms with Gasteiger partial charge in [-0.15, -0.1) is 0 Å². The van der Waals surface area contributed by atoms with E-state index in [2.05, 4.69) is 39.8 Å². The minimum Gasteiger partial charge on any atom is -0.481 e. The summed E-state index contributed by atoms with van der Waals surface area (Å²) in [6.45, 7) is 1.43. The molecule has 0 spiro atoms. The lowest BCUT2D eigenvalue weighted by molar-refractivity contribution is -0.136. The van der Waals surface area contributed by atoms with Crippen LogP contribution in [0.4, 0.5) is 16.2 Å². The molecule has 26 heavy (non-hydrogen) atoms. The lowest BCUT2D eigenvalue weighted by Gasteiger charge is -2.32. The van der Waals surface area contributed by atoms with Gasteiger partial charge in [-0.3, -0.25) is 4.79 Å². The smallest absolute Gasteiger partial charge is 0.314 e. The number of hydrogen-bond acceptors (Lipinski definition) is 4. The molecule has 2 aromatic carbocycles. The highest BCUT2D eigenvalue weighted by atomic mass is 32.2. The van der Waals surface area contributed by atoms with Crippen molar-refractivity contribution in [3.05, 3.63) is 48.5 Å². The van der Waals surface area contributed by atoms with Gasteiger partial charge in [0.15, 0.2) is 0 Å². The lowest BCUT2D eigenvalue weighted by atomic mass is 10.2. The molecular formula is C19H21N3O3S. The molecule has 0 saturated carbocycles. The Morgan fingerprint density at radius 1 is 0.923 bits per heavy atom. The first-order valence-corrected chi connectivity index (χ1v) is 9.34. The monoisotopic (exact) mass is 371 g/mol. The molecule has 136 valence electrons. The van der Waals surface area contributed by atoms with Crippen molar-refractivity contribution in [1.29, 1.82) is 0 Å². The van der Waals surface area contributed by atoms with Gasteiger partial charge in [0.25, 0.3) is 0 Å². The number of hydrogen-bond donors (Lipinski definition) is 3. The van der Waals surface area contributed by atoms with Crippen LogP contribution in [0.3, 0.4) is 0 Å². The first kappa shape index (κ1) is 18.1. The molecular weight excluding hydrogens is 350 g/mol. The summed E-state index contributed by atoms with van der Waals surface area (Å²) in [5, 5.41) is 13.9. The Balaban J connectivity index is 1.55. The Kier molecular flexibility index (Phi) is 6.01. The zero-order chi connectivity index (χ0) is 18.4. The normalized spacial score (nSPS) is 12.1. The van der Waals surface area contributed by atoms with E-state index in [9.17, 15) is 9.59 Å². The Bertz CT molecular complexity index is 752. The van der Waals surface area contributed by atoms with Gasteiger partial charge in [0.1, 0.15) is 0 Å². The maximum Gasteiger partial charge on any atom is 0.314 e. The third-order valence-corrected chi connectivity index (χ3v) is 5.13. The average Bonchev–Trinajstić information content (AvgIpc) is 2.64. The molecule has 7 heteroatoms. The Hall–Kier alpha value is -2.67. The molecule has 0 saturated heterocycles. The number of nitrogens with zero attached hydrogens (tertiary/aromatic N) is 1. The quantitative estimate of drug-likeness (QED) is 0.650. The summed E-state index contributed by atoms with van der Waals surface area (Å²) in [6, 6.07) is 16.3. The molecule has 1 aliphatic rings. The van der Waals surface area contributed by atoms with E-state index in [-0.39, 0.29) is 19.0 Å². The van der Waals surface area contributed by atoms with Crippen LogP contribution < -0.4 is 15.5 Å². The van der Waals surface area contributed by atoms with E-state index in [0.717, 1.165) is 13.0 Å². The second kappa shape index (κ2) is 8.62. The number of nitrogens with one attached hydrogen (secondary N) is 2. The first-order valence-electron chi connectivity index (χ1n) is 8.52. The molecule has 3 N–H and O–H groups in total. The van der Waals surface area contributed by atoms with Gasteiger partial charge in [-0.25, -0.2) is 4.79 Å². The molecule has 0 radical (unpaired) electrons. The number of anilines is 2. The van der Waals surface area contributed by atoms with E-state index in [1.54, 1.807) is 11.8 Å². The van der Waals surface area contributed by atoms with Crippen LogP contribution in [0.2, 0.25) is 0 Å². The Morgan fingerprint density at radius 2 is 1.50 bits per heavy atom. The molecule has 0 atom stereocenters. The van der Waals surface area contributed by atoms with Crippen molar-refractivity contribution >= 4 is 35.1 Å². The number of urea groups is 1. The predicted molar refractivity (Wildman–Crippen MR) is 102 cm³/mol. The Labute approximate surface area is 156 Å². The number of para-hydroxylation sites is 2. The van der Waals surface area contributed by atoms with E-state index in [0.29, 0.717) is 6.54 Å². The molecule has 0 unspecified atom stereocenters. The maximum absolute atomic E-state index is 11.6. The number of aliphatic carboxylic acids is 1. The summed E-state index contributed by atoms with van der Waals surface area (Å²) in [4.78, 5) is 26.8. The topological polar surface area (TPSA) is 81.7 Å². The average molecular weight is 371 g/mol. The van der Waals surface area contributed by atoms with Crippen molar-refractivity contribution in [2.24, 2.45) is 0 Å². The number of rotatable bonds is 7. The fourth-order valence-electron chi connectivity index (χ4n) is 2.81. The maximum atomic E-state index is 11.6. The van der Waals surface area contributed by atoms with Crippen molar-refractivity contribution < 1.29 is 14.7 Å². The standard InChI is InChI=1S/C19H21N3O3S/c23-18(24)10-12-21-19(25)20-11-5-13-22-14-6-1-3-8-16(14)26-17-9-4-2-7-15(17)22/h1-4,6-9H,5,10-13H2,(H,23,24)(H2,20,21,25). The molecule has 1 aliphatic heterocycles. The van der Waals surface area contributed by atoms with Gasteiger partial charge < -0.3 is 20.6 Å². The van der Waals surface area contributed by atoms with Crippen molar-refractivity contribution in [1.82, 2.24) is 10.6 Å². The van der Waals surface area contributed by atoms with E-state index < -0.39 is 5.97 Å². The summed E-state index contributed by atoms with van der Waals surface area (Å²) in [7, 11) is 0. The van der Waals surface area contributed by atoms with Crippen LogP contribution in [-0.4, -0.2) is 36.7 Å². The van der Waals surface area contributed by atoms with Crippen LogP contribution in [-0.2, 0) is 4.79 Å². The number of carbonyl (C=O) groups excluding carboxylic acids is 1. The van der Waals surface area contributed by atoms with E-state index in [4.69, 9.17) is 5.11 Å². The number of amides is 2. The van der Waals surface area contributed by atoms with Gasteiger partial charge in [0.05, 0.1) is 17.8 Å². The van der Waals surface area contributed by atoms with Crippen LogP contribution in [0, 0.1) is 0 Å². The summed E-state index contributed by atoms with van der Waals surface area (Å²) < 4.78 is 0. The second-order valence-electron chi connectivity index (χ2n) is 5.87. The van der Waals surface area contributed by atoms with Gasteiger partial charge in [-0.05, 0) is 30.7 Å². The van der Waals surface area contributed by atoms with Crippen molar-refractivity contribution in [3.8, 4) is 0 Å². The largest absolute Gasteiger partial charge is 0.481 e. The summed E-state index contributed by atoms with van der Waals surface area (Å²) in [6.07, 6.45) is 0.701. The molecule has 0 aromatic heterocycles. The van der Waals surface area contributed by atoms with Gasteiger partial charge in [-0.2, -0.15) is 0 Å². The molecule has 1 heterocycles. The van der Waals surface area contributed by atoms with Crippen molar-refractivity contribution in [2.75, 3.05) is 24.5 Å². The van der Waals surface area contributed by atoms with Crippen LogP contribution in [0.15, 0.2) is 58.3 Å². The lowest BCUT2D eigenvalue weighted by Crippen LogP contribution is -2.38. The summed E-state index contributed by atoms with van der Waals surface area (Å²) in [5.41, 5.74) is 2.37. The molecule has 0 aliphatic carbocycles. The minimum atomic E-state index is -0.925. The number of carbonyl (C=O) groups is 2. The molecule has 0 bridgehead atoms. The number of fused-ring (bicyclic) bond motifs is 2. The predicted octanol–water partition coefficient (Wildman–Crippen LogP) is 3.45.